The first-order valence-electron chi connectivity index (χ1n) is 5.98. The molecule has 0 heterocycles. The van der Waals surface area contributed by atoms with Gasteiger partial charge in [-0.15, -0.1) is 5.46 Å². The van der Waals surface area contributed by atoms with Gasteiger partial charge in [0.15, 0.2) is 0 Å². The summed E-state index contributed by atoms with van der Waals surface area (Å²) in [6, 6.07) is 14.1. The van der Waals surface area contributed by atoms with Gasteiger partial charge in [-0.25, -0.2) is 0 Å². The molecule has 0 fully saturated rings. The molecular formula is C15H10BF3KN. The zero-order chi connectivity index (χ0) is 14.6. The molecule has 0 atom stereocenters. The van der Waals surface area contributed by atoms with Gasteiger partial charge >= 0.3 is 58.4 Å². The first kappa shape index (κ1) is 18.2. The number of halogens is 3. The summed E-state index contributed by atoms with van der Waals surface area (Å²) >= 11 is 0. The summed E-state index contributed by atoms with van der Waals surface area (Å²) < 4.78 is 37.4. The maximum Gasteiger partial charge on any atom is 1.00 e. The van der Waals surface area contributed by atoms with E-state index < -0.39 is 12.4 Å². The fourth-order valence-electron chi connectivity index (χ4n) is 1.76. The topological polar surface area (TPSA) is 23.8 Å². The van der Waals surface area contributed by atoms with E-state index in [1.165, 1.54) is 12.1 Å². The number of nitrogens with zero attached hydrogens (tertiary/aromatic N) is 1. The minimum Gasteiger partial charge on any atom is -0.445 e. The molecule has 0 aliphatic heterocycles. The molecule has 0 spiro atoms. The van der Waals surface area contributed by atoms with Gasteiger partial charge in [-0.2, -0.15) is 5.26 Å². The molecule has 0 saturated carbocycles. The SMILES string of the molecule is N#Cc1ccccc1/C=C/c1ccc([B-](F)(F)F)cc1.[K+]. The van der Waals surface area contributed by atoms with E-state index in [-0.39, 0.29) is 51.4 Å². The van der Waals surface area contributed by atoms with Crippen molar-refractivity contribution in [1.29, 1.82) is 5.26 Å². The van der Waals surface area contributed by atoms with Crippen LogP contribution >= 0.6 is 0 Å². The van der Waals surface area contributed by atoms with Gasteiger partial charge in [-0.3, -0.25) is 0 Å². The van der Waals surface area contributed by atoms with Crippen molar-refractivity contribution < 1.29 is 64.3 Å². The monoisotopic (exact) mass is 311 g/mol. The Bertz CT molecular complexity index is 673. The summed E-state index contributed by atoms with van der Waals surface area (Å²) in [6.45, 7) is -4.95. The second-order valence-corrected chi connectivity index (χ2v) is 4.27. The van der Waals surface area contributed by atoms with Gasteiger partial charge in [0.2, 0.25) is 0 Å². The van der Waals surface area contributed by atoms with Gasteiger partial charge in [0.1, 0.15) is 0 Å². The van der Waals surface area contributed by atoms with Crippen molar-refractivity contribution in [1.82, 2.24) is 0 Å². The maximum atomic E-state index is 12.5. The van der Waals surface area contributed by atoms with E-state index in [9.17, 15) is 12.9 Å². The van der Waals surface area contributed by atoms with Crippen molar-refractivity contribution in [3.05, 3.63) is 65.2 Å². The molecule has 0 aliphatic carbocycles. The van der Waals surface area contributed by atoms with Crippen LogP contribution in [-0.4, -0.2) is 6.98 Å². The minimum absolute atomic E-state index is 0. The molecule has 100 valence electrons. The van der Waals surface area contributed by atoms with E-state index >= 15 is 0 Å². The molecule has 0 N–H and O–H groups in total. The molecule has 2 rings (SSSR count). The van der Waals surface area contributed by atoms with Crippen LogP contribution in [0.1, 0.15) is 16.7 Å². The van der Waals surface area contributed by atoms with Crippen LogP contribution in [0.3, 0.4) is 0 Å². The Kier molecular flexibility index (Phi) is 6.91. The van der Waals surface area contributed by atoms with Gasteiger partial charge < -0.3 is 12.9 Å². The number of nitriles is 1. The molecule has 1 nitrogen and oxygen atoms in total. The zero-order valence-electron chi connectivity index (χ0n) is 11.4. The Labute approximate surface area is 164 Å². The quantitative estimate of drug-likeness (QED) is 0.607. The molecule has 0 bridgehead atoms. The van der Waals surface area contributed by atoms with Crippen molar-refractivity contribution in [3.8, 4) is 6.07 Å². The Hall–Kier alpha value is -0.839. The average Bonchev–Trinajstić information content (AvgIpc) is 2.45. The Balaban J connectivity index is 0.00000220. The third kappa shape index (κ3) is 5.13. The molecule has 21 heavy (non-hydrogen) atoms. The molecule has 0 amide bonds. The Morgan fingerprint density at radius 3 is 2.10 bits per heavy atom. The fourth-order valence-corrected chi connectivity index (χ4v) is 1.76. The largest absolute Gasteiger partial charge is 1.00 e. The number of hydrogen-bond donors (Lipinski definition) is 0. The van der Waals surface area contributed by atoms with E-state index in [0.29, 0.717) is 11.1 Å². The van der Waals surface area contributed by atoms with Crippen LogP contribution in [-0.2, 0) is 0 Å². The van der Waals surface area contributed by atoms with Gasteiger partial charge in [0.05, 0.1) is 11.6 Å². The summed E-state index contributed by atoms with van der Waals surface area (Å²) in [7, 11) is 0. The molecule has 0 unspecified atom stereocenters. The molecule has 0 aliphatic rings. The maximum absolute atomic E-state index is 12.5. The predicted molar refractivity (Wildman–Crippen MR) is 75.2 cm³/mol. The third-order valence-electron chi connectivity index (χ3n) is 2.85. The van der Waals surface area contributed by atoms with Crippen molar-refractivity contribution >= 4 is 24.6 Å². The second kappa shape index (κ2) is 7.97. The number of benzene rings is 2. The van der Waals surface area contributed by atoms with Gasteiger partial charge in [0.25, 0.3) is 0 Å². The van der Waals surface area contributed by atoms with Gasteiger partial charge in [-0.1, -0.05) is 54.6 Å². The summed E-state index contributed by atoms with van der Waals surface area (Å²) in [5.41, 5.74) is 1.30. The van der Waals surface area contributed by atoms with E-state index in [0.717, 1.165) is 17.7 Å². The molecule has 0 saturated heterocycles. The first-order valence-corrected chi connectivity index (χ1v) is 5.98. The van der Waals surface area contributed by atoms with Crippen LogP contribution in [0.25, 0.3) is 12.2 Å². The number of rotatable bonds is 3. The smallest absolute Gasteiger partial charge is 0.445 e. The van der Waals surface area contributed by atoms with E-state index in [2.05, 4.69) is 6.07 Å². The van der Waals surface area contributed by atoms with E-state index in [1.807, 2.05) is 0 Å². The summed E-state index contributed by atoms with van der Waals surface area (Å²) in [6.07, 6.45) is 3.40. The Morgan fingerprint density at radius 2 is 1.52 bits per heavy atom. The third-order valence-corrected chi connectivity index (χ3v) is 2.85. The summed E-state index contributed by atoms with van der Waals surface area (Å²) in [5, 5.41) is 8.93. The first-order chi connectivity index (χ1) is 9.50. The van der Waals surface area contributed by atoms with Crippen LogP contribution in [0.5, 0.6) is 0 Å². The molecule has 2 aromatic rings. The molecule has 6 heteroatoms. The van der Waals surface area contributed by atoms with Crippen LogP contribution in [0.4, 0.5) is 12.9 Å². The van der Waals surface area contributed by atoms with Crippen molar-refractivity contribution in [3.63, 3.8) is 0 Å². The predicted octanol–water partition coefficient (Wildman–Crippen LogP) is 0.787. The normalized spacial score (nSPS) is 11.0. The van der Waals surface area contributed by atoms with Crippen molar-refractivity contribution in [2.75, 3.05) is 0 Å². The van der Waals surface area contributed by atoms with Crippen LogP contribution in [0.15, 0.2) is 48.5 Å². The molecular weight excluding hydrogens is 301 g/mol. The molecule has 2 aromatic carbocycles. The number of hydrogen-bond acceptors (Lipinski definition) is 1. The van der Waals surface area contributed by atoms with Crippen LogP contribution in [0, 0.1) is 11.3 Å². The van der Waals surface area contributed by atoms with Crippen LogP contribution in [0.2, 0.25) is 0 Å². The van der Waals surface area contributed by atoms with E-state index in [4.69, 9.17) is 5.26 Å². The molecule has 0 radical (unpaired) electrons. The van der Waals surface area contributed by atoms with Gasteiger partial charge in [-0.05, 0) is 17.2 Å². The second-order valence-electron chi connectivity index (χ2n) is 4.27. The summed E-state index contributed by atoms with van der Waals surface area (Å²) in [5.74, 6) is 0. The van der Waals surface area contributed by atoms with Crippen LogP contribution < -0.4 is 56.8 Å². The fraction of sp³-hybridized carbons (Fsp3) is 0. The standard InChI is InChI=1S/C15H10BF3N.K/c17-16(18,19)15-9-6-12(7-10-15)5-8-13-3-1-2-4-14(13)11-20;/h1-10H;/q-1;+1/b8-5+;. The minimum atomic E-state index is -4.95. The van der Waals surface area contributed by atoms with E-state index in [1.54, 1.807) is 36.4 Å². The average molecular weight is 311 g/mol. The van der Waals surface area contributed by atoms with Gasteiger partial charge in [0, 0.05) is 0 Å². The Morgan fingerprint density at radius 1 is 0.905 bits per heavy atom. The van der Waals surface area contributed by atoms with Crippen molar-refractivity contribution in [2.24, 2.45) is 0 Å². The summed E-state index contributed by atoms with van der Waals surface area (Å²) in [4.78, 5) is 0. The van der Waals surface area contributed by atoms with Crippen molar-refractivity contribution in [2.45, 2.75) is 0 Å². The molecule has 0 aromatic heterocycles. The zero-order valence-corrected chi connectivity index (χ0v) is 14.6.